The van der Waals surface area contributed by atoms with Gasteiger partial charge in [0, 0.05) is 109 Å². The maximum absolute atomic E-state index is 11.8. The van der Waals surface area contributed by atoms with Gasteiger partial charge in [-0.1, -0.05) is 41.5 Å². The first kappa shape index (κ1) is 47.6. The molecule has 6 rings (SSSR count). The van der Waals surface area contributed by atoms with Gasteiger partial charge in [0.2, 0.25) is 5.91 Å². The van der Waals surface area contributed by atoms with Crippen molar-refractivity contribution in [2.24, 2.45) is 11.8 Å². The van der Waals surface area contributed by atoms with Crippen LogP contribution in [0.5, 0.6) is 0 Å². The number of likely N-dealkylation sites (N-methyl/N-ethyl adjacent to an activating group) is 1. The first-order valence-electron chi connectivity index (χ1n) is 21.4. The van der Waals surface area contributed by atoms with E-state index in [0.717, 1.165) is 89.0 Å². The van der Waals surface area contributed by atoms with Crippen molar-refractivity contribution >= 4 is 11.9 Å². The van der Waals surface area contributed by atoms with Crippen molar-refractivity contribution in [1.82, 2.24) is 34.3 Å². The number of likely N-dealkylation sites (tertiary alicyclic amines) is 5. The van der Waals surface area contributed by atoms with Crippen molar-refractivity contribution in [3.63, 3.8) is 0 Å². The molecule has 51 heavy (non-hydrogen) atoms. The SMILES string of the molecule is CC.CC.CC(C)N1CCC(N2CCCC2=O)C1.CC(C)N1CCC(N2CCN(C)C2=O)C1.CC1CCN(C(C)C)C1.CC1CCN(C(C)C)C1. The van der Waals surface area contributed by atoms with Gasteiger partial charge in [-0.2, -0.15) is 0 Å². The lowest BCUT2D eigenvalue weighted by Crippen LogP contribution is -2.41. The van der Waals surface area contributed by atoms with Gasteiger partial charge >= 0.3 is 6.03 Å². The number of amides is 3. The summed E-state index contributed by atoms with van der Waals surface area (Å²) in [6.45, 7) is 43.2. The van der Waals surface area contributed by atoms with Crippen LogP contribution in [0, 0.1) is 11.8 Å². The van der Waals surface area contributed by atoms with E-state index in [4.69, 9.17) is 0 Å². The summed E-state index contributed by atoms with van der Waals surface area (Å²) >= 11 is 0. The van der Waals surface area contributed by atoms with Gasteiger partial charge in [-0.15, -0.1) is 0 Å². The van der Waals surface area contributed by atoms with Crippen LogP contribution >= 0.6 is 0 Å². The van der Waals surface area contributed by atoms with E-state index in [2.05, 4.69) is 93.7 Å². The lowest BCUT2D eigenvalue weighted by molar-refractivity contribution is -0.129. The Kier molecular flexibility index (Phi) is 23.2. The molecule has 0 spiro atoms. The molecule has 0 aliphatic carbocycles. The molecule has 0 bridgehead atoms. The molecule has 9 heteroatoms. The third-order valence-corrected chi connectivity index (χ3v) is 11.5. The average Bonchev–Trinajstić information content (AvgIpc) is 3.95. The Labute approximate surface area is 317 Å². The van der Waals surface area contributed by atoms with Crippen LogP contribution in [0.3, 0.4) is 0 Å². The van der Waals surface area contributed by atoms with Crippen LogP contribution in [-0.4, -0.2) is 162 Å². The molecule has 0 aromatic carbocycles. The number of nitrogens with zero attached hydrogens (tertiary/aromatic N) is 7. The predicted octanol–water partition coefficient (Wildman–Crippen LogP) is 7.45. The molecule has 9 nitrogen and oxygen atoms in total. The third-order valence-electron chi connectivity index (χ3n) is 11.5. The van der Waals surface area contributed by atoms with Crippen LogP contribution < -0.4 is 0 Å². The van der Waals surface area contributed by atoms with E-state index in [-0.39, 0.29) is 6.03 Å². The Balaban J connectivity index is 0.000000336. The highest BCUT2D eigenvalue weighted by molar-refractivity contribution is 5.78. The van der Waals surface area contributed by atoms with E-state index in [1.807, 2.05) is 44.5 Å². The molecule has 4 unspecified atom stereocenters. The molecule has 6 heterocycles. The van der Waals surface area contributed by atoms with Crippen molar-refractivity contribution in [2.75, 3.05) is 79.0 Å². The molecule has 3 amide bonds. The Bertz CT molecular complexity index is 920. The summed E-state index contributed by atoms with van der Waals surface area (Å²) in [4.78, 5) is 39.3. The maximum Gasteiger partial charge on any atom is 0.320 e. The zero-order chi connectivity index (χ0) is 38.8. The fraction of sp³-hybridized carbons (Fsp3) is 0.952. The molecule has 6 aliphatic heterocycles. The Hall–Kier alpha value is -1.42. The highest BCUT2D eigenvalue weighted by Gasteiger charge is 2.36. The van der Waals surface area contributed by atoms with Crippen LogP contribution in [0.1, 0.15) is 135 Å². The summed E-state index contributed by atoms with van der Waals surface area (Å²) in [7, 11) is 1.89. The minimum absolute atomic E-state index is 0.214. The Morgan fingerprint density at radius 2 is 0.863 bits per heavy atom. The maximum atomic E-state index is 11.8. The zero-order valence-electron chi connectivity index (χ0n) is 36.6. The minimum atomic E-state index is 0.214. The number of hydrogen-bond acceptors (Lipinski definition) is 6. The van der Waals surface area contributed by atoms with E-state index >= 15 is 0 Å². The fourth-order valence-electron chi connectivity index (χ4n) is 7.92. The van der Waals surface area contributed by atoms with Gasteiger partial charge in [0.15, 0.2) is 0 Å². The van der Waals surface area contributed by atoms with Gasteiger partial charge < -0.3 is 24.5 Å². The first-order valence-corrected chi connectivity index (χ1v) is 21.4. The second-order valence-electron chi connectivity index (χ2n) is 16.6. The first-order chi connectivity index (χ1) is 24.2. The number of carbonyl (C=O) groups excluding carboxylic acids is 2. The highest BCUT2D eigenvalue weighted by Crippen LogP contribution is 2.23. The second kappa shape index (κ2) is 24.8. The Morgan fingerprint density at radius 3 is 1.12 bits per heavy atom. The van der Waals surface area contributed by atoms with Gasteiger partial charge in [-0.25, -0.2) is 4.79 Å². The quantitative estimate of drug-likeness (QED) is 0.284. The second-order valence-corrected chi connectivity index (χ2v) is 16.6. The van der Waals surface area contributed by atoms with Crippen LogP contribution in [-0.2, 0) is 4.79 Å². The molecular weight excluding hydrogens is 635 g/mol. The summed E-state index contributed by atoms with van der Waals surface area (Å²) in [5.41, 5.74) is 0. The molecule has 0 saturated carbocycles. The highest BCUT2D eigenvalue weighted by atomic mass is 16.2. The fourth-order valence-corrected chi connectivity index (χ4v) is 7.92. The molecule has 6 saturated heterocycles. The molecule has 4 atom stereocenters. The molecule has 6 aliphatic rings. The number of carbonyl (C=O) groups is 2. The smallest absolute Gasteiger partial charge is 0.320 e. The summed E-state index contributed by atoms with van der Waals surface area (Å²) in [5, 5.41) is 0. The summed E-state index contributed by atoms with van der Waals surface area (Å²) in [6.07, 6.45) is 6.95. The van der Waals surface area contributed by atoms with Gasteiger partial charge in [0.25, 0.3) is 0 Å². The molecular formula is C42H87N7O2. The van der Waals surface area contributed by atoms with Crippen LogP contribution in [0.2, 0.25) is 0 Å². The molecule has 0 aromatic heterocycles. The normalized spacial score (nSPS) is 27.3. The van der Waals surface area contributed by atoms with Gasteiger partial charge in [-0.05, 0) is 112 Å². The summed E-state index contributed by atoms with van der Waals surface area (Å²) < 4.78 is 0. The average molecular weight is 722 g/mol. The van der Waals surface area contributed by atoms with Crippen molar-refractivity contribution < 1.29 is 9.59 Å². The minimum Gasteiger partial charge on any atom is -0.338 e. The zero-order valence-corrected chi connectivity index (χ0v) is 36.6. The molecule has 302 valence electrons. The van der Waals surface area contributed by atoms with Gasteiger partial charge in [0.1, 0.15) is 0 Å². The van der Waals surface area contributed by atoms with E-state index in [9.17, 15) is 9.59 Å². The molecule has 0 aromatic rings. The lowest BCUT2D eigenvalue weighted by atomic mass is 10.2. The van der Waals surface area contributed by atoms with Gasteiger partial charge in [-0.3, -0.25) is 14.6 Å². The van der Waals surface area contributed by atoms with Crippen LogP contribution in [0.25, 0.3) is 0 Å². The van der Waals surface area contributed by atoms with Crippen molar-refractivity contribution in [3.05, 3.63) is 0 Å². The molecule has 6 fully saturated rings. The van der Waals surface area contributed by atoms with Crippen molar-refractivity contribution in [1.29, 1.82) is 0 Å². The monoisotopic (exact) mass is 722 g/mol. The third kappa shape index (κ3) is 15.8. The van der Waals surface area contributed by atoms with Crippen LogP contribution in [0.15, 0.2) is 0 Å². The largest absolute Gasteiger partial charge is 0.338 e. The van der Waals surface area contributed by atoms with Crippen molar-refractivity contribution in [3.8, 4) is 0 Å². The lowest BCUT2D eigenvalue weighted by Gasteiger charge is -2.25. The number of hydrogen-bond donors (Lipinski definition) is 0. The number of rotatable bonds is 6. The van der Waals surface area contributed by atoms with E-state index < -0.39 is 0 Å². The van der Waals surface area contributed by atoms with E-state index in [1.165, 1.54) is 45.4 Å². The molecule has 0 radical (unpaired) electrons. The van der Waals surface area contributed by atoms with Crippen LogP contribution in [0.4, 0.5) is 4.79 Å². The van der Waals surface area contributed by atoms with E-state index in [1.54, 1.807) is 0 Å². The summed E-state index contributed by atoms with van der Waals surface area (Å²) in [5.74, 6) is 2.25. The standard InChI is InChI=1S/C11H21N3O.C11H20N2O.2C8H17N.2C2H6/c1-9(2)13-5-4-10(8-13)14-7-6-12(3)11(14)15;1-9(2)12-7-5-10(8-12)13-6-3-4-11(13)14;2*1-7(2)9-5-4-8(3)6-9;2*1-2/h9-10H,4-8H2,1-3H3;9-10H,3-8H2,1-2H3;2*7-8H,4-6H2,1-3H3;2*1-2H3. The van der Waals surface area contributed by atoms with Gasteiger partial charge in [0.05, 0.1) is 0 Å². The summed E-state index contributed by atoms with van der Waals surface area (Å²) in [6, 6.07) is 3.91. The Morgan fingerprint density at radius 1 is 0.490 bits per heavy atom. The predicted molar refractivity (Wildman–Crippen MR) is 220 cm³/mol. The molecule has 0 N–H and O–H groups in total. The van der Waals surface area contributed by atoms with E-state index in [0.29, 0.717) is 30.1 Å². The van der Waals surface area contributed by atoms with Crippen molar-refractivity contribution in [2.45, 2.75) is 172 Å². The topological polar surface area (TPSA) is 56.8 Å². The number of urea groups is 1.